The SMILES string of the molecule is CN1CCCC(N)(C#N)CC1. The van der Waals surface area contributed by atoms with Gasteiger partial charge in [0.25, 0.3) is 0 Å². The quantitative estimate of drug-likeness (QED) is 0.545. The minimum atomic E-state index is -0.551. The van der Waals surface area contributed by atoms with Gasteiger partial charge in [0, 0.05) is 6.54 Å². The third-order valence-corrected chi connectivity index (χ3v) is 2.33. The Bertz CT molecular complexity index is 173. The molecule has 2 N–H and O–H groups in total. The van der Waals surface area contributed by atoms with Crippen molar-refractivity contribution in [2.45, 2.75) is 24.8 Å². The van der Waals surface area contributed by atoms with E-state index in [1.807, 2.05) is 0 Å². The average Bonchev–Trinajstić information content (AvgIpc) is 2.15. The van der Waals surface area contributed by atoms with Gasteiger partial charge in [-0.25, -0.2) is 0 Å². The zero-order valence-electron chi connectivity index (χ0n) is 7.01. The fraction of sp³-hybridized carbons (Fsp3) is 0.875. The smallest absolute Gasteiger partial charge is 0.105 e. The molecule has 62 valence electrons. The lowest BCUT2D eigenvalue weighted by molar-refractivity contribution is 0.342. The summed E-state index contributed by atoms with van der Waals surface area (Å²) in [6, 6.07) is 2.19. The summed E-state index contributed by atoms with van der Waals surface area (Å²) in [7, 11) is 2.07. The molecule has 0 aromatic rings. The van der Waals surface area contributed by atoms with Crippen LogP contribution in [-0.2, 0) is 0 Å². The van der Waals surface area contributed by atoms with Gasteiger partial charge in [-0.05, 0) is 32.9 Å². The molecule has 0 aliphatic carbocycles. The number of hydrogen-bond donors (Lipinski definition) is 1. The van der Waals surface area contributed by atoms with E-state index in [-0.39, 0.29) is 0 Å². The van der Waals surface area contributed by atoms with Crippen LogP contribution in [0.25, 0.3) is 0 Å². The van der Waals surface area contributed by atoms with Crippen molar-refractivity contribution < 1.29 is 0 Å². The fourth-order valence-corrected chi connectivity index (χ4v) is 1.40. The molecule has 1 heterocycles. The molecule has 0 amide bonds. The first-order chi connectivity index (χ1) is 5.16. The molecule has 1 rings (SSSR count). The number of nitrogens with zero attached hydrogens (tertiary/aromatic N) is 2. The van der Waals surface area contributed by atoms with Crippen LogP contribution in [0, 0.1) is 11.3 Å². The van der Waals surface area contributed by atoms with Gasteiger partial charge in [-0.1, -0.05) is 0 Å². The molecule has 3 heteroatoms. The molecule has 0 aromatic heterocycles. The first-order valence-corrected chi connectivity index (χ1v) is 4.05. The molecule has 1 unspecified atom stereocenters. The summed E-state index contributed by atoms with van der Waals surface area (Å²) in [4.78, 5) is 2.23. The predicted molar refractivity (Wildman–Crippen MR) is 43.9 cm³/mol. The Labute approximate surface area is 67.8 Å². The van der Waals surface area contributed by atoms with Crippen LogP contribution in [0.4, 0.5) is 0 Å². The van der Waals surface area contributed by atoms with Crippen molar-refractivity contribution in [1.82, 2.24) is 4.90 Å². The van der Waals surface area contributed by atoms with Crippen molar-refractivity contribution in [2.24, 2.45) is 5.73 Å². The van der Waals surface area contributed by atoms with Crippen molar-refractivity contribution in [1.29, 1.82) is 5.26 Å². The van der Waals surface area contributed by atoms with E-state index in [9.17, 15) is 0 Å². The highest BCUT2D eigenvalue weighted by molar-refractivity contribution is 5.05. The van der Waals surface area contributed by atoms with Gasteiger partial charge in [0.15, 0.2) is 0 Å². The molecule has 1 atom stereocenters. The van der Waals surface area contributed by atoms with E-state index in [1.165, 1.54) is 0 Å². The summed E-state index contributed by atoms with van der Waals surface area (Å²) in [5.41, 5.74) is 5.28. The predicted octanol–water partition coefficient (Wildman–Crippen LogP) is 0.323. The Morgan fingerprint density at radius 2 is 2.18 bits per heavy atom. The molecule has 1 fully saturated rings. The number of nitrogens with two attached hydrogens (primary N) is 1. The molecular weight excluding hydrogens is 138 g/mol. The molecule has 11 heavy (non-hydrogen) atoms. The van der Waals surface area contributed by atoms with E-state index in [2.05, 4.69) is 18.0 Å². The summed E-state index contributed by atoms with van der Waals surface area (Å²) in [6.45, 7) is 2.02. The van der Waals surface area contributed by atoms with E-state index >= 15 is 0 Å². The van der Waals surface area contributed by atoms with Gasteiger partial charge in [-0.3, -0.25) is 0 Å². The fourth-order valence-electron chi connectivity index (χ4n) is 1.40. The standard InChI is InChI=1S/C8H15N3/c1-11-5-2-3-8(10,7-9)4-6-11/h2-6,10H2,1H3. The van der Waals surface area contributed by atoms with E-state index in [1.54, 1.807) is 0 Å². The summed E-state index contributed by atoms with van der Waals surface area (Å²) in [5.74, 6) is 0. The molecule has 0 bridgehead atoms. The number of likely N-dealkylation sites (tertiary alicyclic amines) is 1. The molecule has 0 radical (unpaired) electrons. The Hall–Kier alpha value is -0.590. The number of nitriles is 1. The zero-order valence-corrected chi connectivity index (χ0v) is 7.01. The van der Waals surface area contributed by atoms with E-state index in [0.29, 0.717) is 0 Å². The van der Waals surface area contributed by atoms with Crippen molar-refractivity contribution in [3.05, 3.63) is 0 Å². The Morgan fingerprint density at radius 1 is 1.45 bits per heavy atom. The van der Waals surface area contributed by atoms with E-state index in [4.69, 9.17) is 11.0 Å². The van der Waals surface area contributed by atoms with Gasteiger partial charge < -0.3 is 10.6 Å². The second kappa shape index (κ2) is 3.21. The minimum Gasteiger partial charge on any atom is -0.313 e. The lowest BCUT2D eigenvalue weighted by Crippen LogP contribution is -2.38. The Morgan fingerprint density at radius 3 is 2.82 bits per heavy atom. The third-order valence-electron chi connectivity index (χ3n) is 2.33. The van der Waals surface area contributed by atoms with Crippen molar-refractivity contribution in [2.75, 3.05) is 20.1 Å². The largest absolute Gasteiger partial charge is 0.313 e. The number of rotatable bonds is 0. The van der Waals surface area contributed by atoms with E-state index < -0.39 is 5.54 Å². The van der Waals surface area contributed by atoms with Crippen molar-refractivity contribution in [3.8, 4) is 6.07 Å². The Balaban J connectivity index is 2.54. The molecule has 1 aliphatic rings. The normalized spacial score (nSPS) is 34.3. The van der Waals surface area contributed by atoms with Crippen LogP contribution >= 0.6 is 0 Å². The second-order valence-corrected chi connectivity index (χ2v) is 3.42. The molecule has 0 aromatic carbocycles. The summed E-state index contributed by atoms with van der Waals surface area (Å²) >= 11 is 0. The number of hydrogen-bond acceptors (Lipinski definition) is 3. The molecule has 0 saturated carbocycles. The topological polar surface area (TPSA) is 53.0 Å². The maximum absolute atomic E-state index is 8.77. The summed E-state index contributed by atoms with van der Waals surface area (Å²) in [5, 5.41) is 8.77. The van der Waals surface area contributed by atoms with Crippen LogP contribution in [-0.4, -0.2) is 30.6 Å². The third kappa shape index (κ3) is 2.18. The van der Waals surface area contributed by atoms with Crippen LogP contribution in [0.3, 0.4) is 0 Å². The first kappa shape index (κ1) is 8.51. The second-order valence-electron chi connectivity index (χ2n) is 3.42. The van der Waals surface area contributed by atoms with Crippen LogP contribution in [0.1, 0.15) is 19.3 Å². The van der Waals surface area contributed by atoms with Crippen molar-refractivity contribution >= 4 is 0 Å². The highest BCUT2D eigenvalue weighted by atomic mass is 15.1. The van der Waals surface area contributed by atoms with Crippen LogP contribution in [0.5, 0.6) is 0 Å². The Kier molecular flexibility index (Phi) is 2.48. The molecule has 1 saturated heterocycles. The van der Waals surface area contributed by atoms with Crippen molar-refractivity contribution in [3.63, 3.8) is 0 Å². The highest BCUT2D eigenvalue weighted by Crippen LogP contribution is 2.17. The monoisotopic (exact) mass is 153 g/mol. The summed E-state index contributed by atoms with van der Waals surface area (Å²) in [6.07, 6.45) is 2.69. The van der Waals surface area contributed by atoms with Gasteiger partial charge in [-0.2, -0.15) is 5.26 Å². The molecule has 3 nitrogen and oxygen atoms in total. The zero-order chi connectivity index (χ0) is 8.32. The van der Waals surface area contributed by atoms with Gasteiger partial charge in [0.05, 0.1) is 6.07 Å². The average molecular weight is 153 g/mol. The molecular formula is C8H15N3. The van der Waals surface area contributed by atoms with Gasteiger partial charge >= 0.3 is 0 Å². The minimum absolute atomic E-state index is 0.551. The van der Waals surface area contributed by atoms with Gasteiger partial charge in [0.1, 0.15) is 5.54 Å². The highest BCUT2D eigenvalue weighted by Gasteiger charge is 2.26. The maximum Gasteiger partial charge on any atom is 0.105 e. The first-order valence-electron chi connectivity index (χ1n) is 4.05. The van der Waals surface area contributed by atoms with Crippen LogP contribution in [0.15, 0.2) is 0 Å². The van der Waals surface area contributed by atoms with Gasteiger partial charge in [0.2, 0.25) is 0 Å². The van der Waals surface area contributed by atoms with Crippen LogP contribution < -0.4 is 5.73 Å². The van der Waals surface area contributed by atoms with E-state index in [0.717, 1.165) is 32.4 Å². The lowest BCUT2D eigenvalue weighted by Gasteiger charge is -2.18. The maximum atomic E-state index is 8.77. The summed E-state index contributed by atoms with van der Waals surface area (Å²) < 4.78 is 0. The molecule has 1 aliphatic heterocycles. The molecule has 0 spiro atoms. The van der Waals surface area contributed by atoms with Crippen LogP contribution in [0.2, 0.25) is 0 Å². The lowest BCUT2D eigenvalue weighted by atomic mass is 9.94. The van der Waals surface area contributed by atoms with Gasteiger partial charge in [-0.15, -0.1) is 0 Å².